The molecule has 0 bridgehead atoms. The number of rotatable bonds is 3. The number of aromatic nitrogens is 2. The SMILES string of the molecule is O=C(c1csc(-c2cccs2)n1)N1CCCC[C@H]1c1cccnc1. The molecule has 3 aromatic rings. The Morgan fingerprint density at radius 3 is 2.96 bits per heavy atom. The third kappa shape index (κ3) is 2.99. The summed E-state index contributed by atoms with van der Waals surface area (Å²) in [5.41, 5.74) is 1.67. The second-order valence-corrected chi connectivity index (χ2v) is 7.62. The lowest BCUT2D eigenvalue weighted by Crippen LogP contribution is -2.38. The van der Waals surface area contributed by atoms with E-state index in [1.54, 1.807) is 17.5 Å². The molecule has 3 aromatic heterocycles. The molecule has 1 aliphatic rings. The average molecular weight is 355 g/mol. The Morgan fingerprint density at radius 2 is 2.17 bits per heavy atom. The van der Waals surface area contributed by atoms with Gasteiger partial charge in [-0.25, -0.2) is 4.98 Å². The van der Waals surface area contributed by atoms with Gasteiger partial charge in [0.25, 0.3) is 5.91 Å². The molecule has 0 saturated carbocycles. The van der Waals surface area contributed by atoms with Gasteiger partial charge in [0.05, 0.1) is 10.9 Å². The van der Waals surface area contributed by atoms with Crippen molar-refractivity contribution in [2.45, 2.75) is 25.3 Å². The van der Waals surface area contributed by atoms with E-state index in [2.05, 4.69) is 16.0 Å². The lowest BCUT2D eigenvalue weighted by molar-refractivity contribution is 0.0606. The zero-order valence-electron chi connectivity index (χ0n) is 13.1. The molecule has 122 valence electrons. The molecule has 24 heavy (non-hydrogen) atoms. The number of thiophene rings is 1. The highest BCUT2D eigenvalue weighted by atomic mass is 32.1. The van der Waals surface area contributed by atoms with Gasteiger partial charge in [0.15, 0.2) is 0 Å². The van der Waals surface area contributed by atoms with Crippen LogP contribution >= 0.6 is 22.7 Å². The van der Waals surface area contributed by atoms with Crippen molar-refractivity contribution in [1.29, 1.82) is 0 Å². The molecule has 0 N–H and O–H groups in total. The maximum Gasteiger partial charge on any atom is 0.273 e. The molecule has 4 nitrogen and oxygen atoms in total. The molecule has 0 spiro atoms. The van der Waals surface area contributed by atoms with Gasteiger partial charge in [-0.3, -0.25) is 9.78 Å². The van der Waals surface area contributed by atoms with Crippen LogP contribution in [0, 0.1) is 0 Å². The Bertz CT molecular complexity index is 814. The number of carbonyl (C=O) groups is 1. The molecule has 1 aliphatic heterocycles. The molecule has 4 rings (SSSR count). The normalized spacial score (nSPS) is 17.8. The highest BCUT2D eigenvalue weighted by Crippen LogP contribution is 2.33. The molecule has 0 unspecified atom stereocenters. The van der Waals surface area contributed by atoms with Crippen LogP contribution in [0.25, 0.3) is 9.88 Å². The number of likely N-dealkylation sites (tertiary alicyclic amines) is 1. The molecule has 1 fully saturated rings. The van der Waals surface area contributed by atoms with Crippen LogP contribution in [0.5, 0.6) is 0 Å². The Kier molecular flexibility index (Phi) is 4.40. The van der Waals surface area contributed by atoms with Crippen LogP contribution < -0.4 is 0 Å². The second-order valence-electron chi connectivity index (χ2n) is 5.81. The first-order valence-electron chi connectivity index (χ1n) is 8.03. The fourth-order valence-electron chi connectivity index (χ4n) is 3.13. The Labute approximate surface area is 148 Å². The maximum absolute atomic E-state index is 13.0. The minimum absolute atomic E-state index is 0.0302. The number of hydrogen-bond acceptors (Lipinski definition) is 5. The molecule has 1 saturated heterocycles. The van der Waals surface area contributed by atoms with Gasteiger partial charge in [-0.2, -0.15) is 0 Å². The van der Waals surface area contributed by atoms with Crippen LogP contribution in [0.4, 0.5) is 0 Å². The highest BCUT2D eigenvalue weighted by Gasteiger charge is 2.30. The zero-order chi connectivity index (χ0) is 16.4. The molecular weight excluding hydrogens is 338 g/mol. The van der Waals surface area contributed by atoms with E-state index in [4.69, 9.17) is 0 Å². The molecule has 4 heterocycles. The fourth-order valence-corrected chi connectivity index (χ4v) is 4.73. The Hall–Kier alpha value is -2.05. The molecule has 0 aromatic carbocycles. The quantitative estimate of drug-likeness (QED) is 0.688. The van der Waals surface area contributed by atoms with Gasteiger partial charge in [0, 0.05) is 24.3 Å². The van der Waals surface area contributed by atoms with Crippen molar-refractivity contribution in [1.82, 2.24) is 14.9 Å². The monoisotopic (exact) mass is 355 g/mol. The van der Waals surface area contributed by atoms with Gasteiger partial charge in [-0.05, 0) is 42.3 Å². The van der Waals surface area contributed by atoms with Crippen molar-refractivity contribution in [2.24, 2.45) is 0 Å². The summed E-state index contributed by atoms with van der Waals surface area (Å²) >= 11 is 3.18. The van der Waals surface area contributed by atoms with Crippen molar-refractivity contribution in [3.8, 4) is 9.88 Å². The van der Waals surface area contributed by atoms with Crippen molar-refractivity contribution in [3.63, 3.8) is 0 Å². The lowest BCUT2D eigenvalue weighted by Gasteiger charge is -2.35. The van der Waals surface area contributed by atoms with Crippen molar-refractivity contribution in [3.05, 3.63) is 58.7 Å². The highest BCUT2D eigenvalue weighted by molar-refractivity contribution is 7.20. The summed E-state index contributed by atoms with van der Waals surface area (Å²) in [5.74, 6) is 0.0302. The number of pyridine rings is 1. The largest absolute Gasteiger partial charge is 0.330 e. The first-order chi connectivity index (χ1) is 11.8. The number of amides is 1. The summed E-state index contributed by atoms with van der Waals surface area (Å²) in [6.45, 7) is 0.782. The molecular formula is C18H17N3OS2. The first kappa shape index (κ1) is 15.5. The summed E-state index contributed by atoms with van der Waals surface area (Å²) in [4.78, 5) is 24.9. The van der Waals surface area contributed by atoms with Gasteiger partial charge >= 0.3 is 0 Å². The standard InChI is InChI=1S/C18H17N3OS2/c22-18(14-12-24-17(20-14)16-7-4-10-23-16)21-9-2-1-6-15(21)13-5-3-8-19-11-13/h3-5,7-8,10-12,15H,1-2,6,9H2/t15-/m0/s1. The third-order valence-electron chi connectivity index (χ3n) is 4.29. The van der Waals surface area contributed by atoms with Crippen LogP contribution in [0.1, 0.15) is 41.4 Å². The summed E-state index contributed by atoms with van der Waals surface area (Å²) < 4.78 is 0. The Morgan fingerprint density at radius 1 is 1.21 bits per heavy atom. The minimum Gasteiger partial charge on any atom is -0.330 e. The van der Waals surface area contributed by atoms with Crippen LogP contribution in [0.15, 0.2) is 47.4 Å². The average Bonchev–Trinajstić information content (AvgIpc) is 3.33. The van der Waals surface area contributed by atoms with Crippen molar-refractivity contribution in [2.75, 3.05) is 6.54 Å². The number of thiazole rings is 1. The maximum atomic E-state index is 13.0. The van der Waals surface area contributed by atoms with E-state index in [9.17, 15) is 4.79 Å². The van der Waals surface area contributed by atoms with Gasteiger partial charge in [0.1, 0.15) is 10.7 Å². The topological polar surface area (TPSA) is 46.1 Å². The second kappa shape index (κ2) is 6.83. The van der Waals surface area contributed by atoms with E-state index < -0.39 is 0 Å². The van der Waals surface area contributed by atoms with E-state index in [1.807, 2.05) is 40.1 Å². The fraction of sp³-hybridized carbons (Fsp3) is 0.278. The molecule has 6 heteroatoms. The summed E-state index contributed by atoms with van der Waals surface area (Å²) in [5, 5.41) is 4.83. The van der Waals surface area contributed by atoms with E-state index in [0.29, 0.717) is 5.69 Å². The smallest absolute Gasteiger partial charge is 0.273 e. The third-order valence-corrected chi connectivity index (χ3v) is 6.17. The van der Waals surface area contributed by atoms with Crippen LogP contribution in [-0.2, 0) is 0 Å². The molecule has 1 atom stereocenters. The van der Waals surface area contributed by atoms with Crippen molar-refractivity contribution < 1.29 is 4.79 Å². The van der Waals surface area contributed by atoms with Gasteiger partial charge < -0.3 is 4.90 Å². The predicted molar refractivity (Wildman–Crippen MR) is 97.3 cm³/mol. The van der Waals surface area contributed by atoms with Gasteiger partial charge in [-0.1, -0.05) is 12.1 Å². The number of nitrogens with zero attached hydrogens (tertiary/aromatic N) is 3. The molecule has 0 radical (unpaired) electrons. The summed E-state index contributed by atoms with van der Waals surface area (Å²) in [6, 6.07) is 8.14. The van der Waals surface area contributed by atoms with E-state index in [0.717, 1.165) is 41.3 Å². The minimum atomic E-state index is 0.0302. The van der Waals surface area contributed by atoms with E-state index >= 15 is 0 Å². The zero-order valence-corrected chi connectivity index (χ0v) is 14.7. The van der Waals surface area contributed by atoms with Gasteiger partial charge in [0.2, 0.25) is 0 Å². The lowest BCUT2D eigenvalue weighted by atomic mass is 9.96. The van der Waals surface area contributed by atoms with Gasteiger partial charge in [-0.15, -0.1) is 22.7 Å². The van der Waals surface area contributed by atoms with E-state index in [1.165, 1.54) is 11.3 Å². The molecule has 1 amide bonds. The van der Waals surface area contributed by atoms with Crippen molar-refractivity contribution >= 4 is 28.6 Å². The van der Waals surface area contributed by atoms with Crippen LogP contribution in [0.3, 0.4) is 0 Å². The number of hydrogen-bond donors (Lipinski definition) is 0. The summed E-state index contributed by atoms with van der Waals surface area (Å²) in [6.07, 6.45) is 6.81. The number of piperidine rings is 1. The molecule has 0 aliphatic carbocycles. The predicted octanol–water partition coefficient (Wildman–Crippen LogP) is 4.63. The number of carbonyl (C=O) groups excluding carboxylic acids is 1. The van der Waals surface area contributed by atoms with Crippen LogP contribution in [0.2, 0.25) is 0 Å². The first-order valence-corrected chi connectivity index (χ1v) is 9.79. The Balaban J connectivity index is 1.60. The van der Waals surface area contributed by atoms with E-state index in [-0.39, 0.29) is 11.9 Å². The van der Waals surface area contributed by atoms with Crippen LogP contribution in [-0.4, -0.2) is 27.3 Å². The summed E-state index contributed by atoms with van der Waals surface area (Å²) in [7, 11) is 0.